The van der Waals surface area contributed by atoms with Gasteiger partial charge in [0.25, 0.3) is 5.91 Å². The number of aryl methyl sites for hydroxylation is 1. The molecule has 0 radical (unpaired) electrons. The van der Waals surface area contributed by atoms with Gasteiger partial charge in [0.05, 0.1) is 6.07 Å². The van der Waals surface area contributed by atoms with Crippen molar-refractivity contribution in [1.29, 1.82) is 5.26 Å². The zero-order chi connectivity index (χ0) is 14.8. The van der Waals surface area contributed by atoms with Gasteiger partial charge in [-0.2, -0.15) is 5.26 Å². The van der Waals surface area contributed by atoms with E-state index in [2.05, 4.69) is 12.2 Å². The topological polar surface area (TPSA) is 73.2 Å². The number of amides is 3. The van der Waals surface area contributed by atoms with E-state index < -0.39 is 11.6 Å². The number of carbonyl (C=O) groups excluding carboxylic acids is 2. The molecule has 5 nitrogen and oxygen atoms in total. The second kappa shape index (κ2) is 5.33. The third-order valence-electron chi connectivity index (χ3n) is 3.57. The summed E-state index contributed by atoms with van der Waals surface area (Å²) in [6.45, 7) is 3.54. The van der Waals surface area contributed by atoms with Crippen LogP contribution in [-0.4, -0.2) is 23.4 Å². The number of carbonyl (C=O) groups is 2. The fourth-order valence-corrected chi connectivity index (χ4v) is 2.40. The lowest BCUT2D eigenvalue weighted by Crippen LogP contribution is -2.40. The van der Waals surface area contributed by atoms with Gasteiger partial charge in [0.2, 0.25) is 0 Å². The van der Waals surface area contributed by atoms with E-state index in [0.717, 1.165) is 23.3 Å². The highest BCUT2D eigenvalue weighted by atomic mass is 16.2. The molecule has 1 heterocycles. The second-order valence-corrected chi connectivity index (χ2v) is 5.05. The first-order chi connectivity index (χ1) is 9.52. The summed E-state index contributed by atoms with van der Waals surface area (Å²) in [4.78, 5) is 25.1. The molecule has 0 aromatic heterocycles. The van der Waals surface area contributed by atoms with Crippen LogP contribution < -0.4 is 5.32 Å². The number of nitrogens with zero attached hydrogens (tertiary/aromatic N) is 2. The number of urea groups is 1. The Bertz CT molecular complexity index is 574. The Hall–Kier alpha value is -2.35. The summed E-state index contributed by atoms with van der Waals surface area (Å²) < 4.78 is 0. The summed E-state index contributed by atoms with van der Waals surface area (Å²) in [5, 5.41) is 11.3. The fourth-order valence-electron chi connectivity index (χ4n) is 2.40. The van der Waals surface area contributed by atoms with E-state index in [0.29, 0.717) is 0 Å². The van der Waals surface area contributed by atoms with Gasteiger partial charge in [0.15, 0.2) is 0 Å². The lowest BCUT2D eigenvalue weighted by Gasteiger charge is -2.22. The molecule has 0 spiro atoms. The molecule has 1 aliphatic heterocycles. The molecule has 3 amide bonds. The van der Waals surface area contributed by atoms with Gasteiger partial charge in [-0.15, -0.1) is 0 Å². The number of rotatable bonds is 4. The summed E-state index contributed by atoms with van der Waals surface area (Å²) in [7, 11) is 0. The van der Waals surface area contributed by atoms with Gasteiger partial charge in [0, 0.05) is 0 Å². The Labute approximate surface area is 118 Å². The minimum absolute atomic E-state index is 0.228. The lowest BCUT2D eigenvalue weighted by molar-refractivity contribution is -0.130. The molecule has 1 atom stereocenters. The van der Waals surface area contributed by atoms with E-state index in [1.54, 1.807) is 6.92 Å². The SMILES string of the molecule is CCCc1ccc([C@@]2(C)NC(=O)N(CC#N)C2=O)cc1. The number of imide groups is 1. The zero-order valence-electron chi connectivity index (χ0n) is 11.6. The van der Waals surface area contributed by atoms with E-state index in [4.69, 9.17) is 5.26 Å². The van der Waals surface area contributed by atoms with Gasteiger partial charge < -0.3 is 5.32 Å². The zero-order valence-corrected chi connectivity index (χ0v) is 11.6. The first-order valence-corrected chi connectivity index (χ1v) is 6.63. The van der Waals surface area contributed by atoms with Gasteiger partial charge in [-0.25, -0.2) is 9.69 Å². The Morgan fingerprint density at radius 1 is 1.30 bits per heavy atom. The van der Waals surface area contributed by atoms with Crippen LogP contribution in [0.4, 0.5) is 4.79 Å². The molecule has 1 saturated heterocycles. The highest BCUT2D eigenvalue weighted by Crippen LogP contribution is 2.28. The average Bonchev–Trinajstić information content (AvgIpc) is 2.65. The number of nitriles is 1. The minimum atomic E-state index is -1.08. The van der Waals surface area contributed by atoms with E-state index in [1.165, 1.54) is 5.56 Å². The van der Waals surface area contributed by atoms with Crippen molar-refractivity contribution in [1.82, 2.24) is 10.2 Å². The molecule has 1 N–H and O–H groups in total. The molecule has 0 bridgehead atoms. The standard InChI is InChI=1S/C15H17N3O2/c1-3-4-11-5-7-12(8-6-11)15(2)13(19)18(10-9-16)14(20)17-15/h5-8H,3-4,10H2,1-2H3,(H,17,20)/t15-/m1/s1. The maximum atomic E-state index is 12.3. The Kier molecular flexibility index (Phi) is 3.75. The van der Waals surface area contributed by atoms with Crippen LogP contribution in [0.1, 0.15) is 31.4 Å². The Balaban J connectivity index is 2.29. The molecule has 0 unspecified atom stereocenters. The van der Waals surface area contributed by atoms with Crippen molar-refractivity contribution in [3.8, 4) is 6.07 Å². The van der Waals surface area contributed by atoms with Crippen LogP contribution in [0.25, 0.3) is 0 Å². The first kappa shape index (κ1) is 14.1. The van der Waals surface area contributed by atoms with Crippen LogP contribution in [0.5, 0.6) is 0 Å². The normalized spacial score (nSPS) is 21.8. The summed E-state index contributed by atoms with van der Waals surface area (Å²) >= 11 is 0. The van der Waals surface area contributed by atoms with Crippen molar-refractivity contribution < 1.29 is 9.59 Å². The molecular weight excluding hydrogens is 254 g/mol. The van der Waals surface area contributed by atoms with Crippen LogP contribution in [0.2, 0.25) is 0 Å². The van der Waals surface area contributed by atoms with Gasteiger partial charge in [-0.05, 0) is 24.5 Å². The summed E-state index contributed by atoms with van der Waals surface area (Å²) in [5.41, 5.74) is 0.847. The maximum Gasteiger partial charge on any atom is 0.326 e. The predicted molar refractivity (Wildman–Crippen MR) is 73.6 cm³/mol. The second-order valence-electron chi connectivity index (χ2n) is 5.05. The van der Waals surface area contributed by atoms with Gasteiger partial charge in [0.1, 0.15) is 12.1 Å². The molecule has 1 aromatic carbocycles. The third-order valence-corrected chi connectivity index (χ3v) is 3.57. The summed E-state index contributed by atoms with van der Waals surface area (Å²) in [5.74, 6) is -0.382. The number of hydrogen-bond acceptors (Lipinski definition) is 3. The molecule has 0 saturated carbocycles. The largest absolute Gasteiger partial charge is 0.326 e. The number of nitrogens with one attached hydrogen (secondary N) is 1. The predicted octanol–water partition coefficient (Wildman–Crippen LogP) is 1.93. The molecule has 2 rings (SSSR count). The van der Waals surface area contributed by atoms with Crippen molar-refractivity contribution in [2.75, 3.05) is 6.54 Å². The van der Waals surface area contributed by atoms with Gasteiger partial charge in [-0.3, -0.25) is 4.79 Å². The quantitative estimate of drug-likeness (QED) is 0.671. The number of hydrogen-bond donors (Lipinski definition) is 1. The van der Waals surface area contributed by atoms with Crippen molar-refractivity contribution in [2.24, 2.45) is 0 Å². The van der Waals surface area contributed by atoms with Crippen molar-refractivity contribution in [3.63, 3.8) is 0 Å². The molecule has 1 aromatic rings. The molecule has 5 heteroatoms. The van der Waals surface area contributed by atoms with Crippen LogP contribution in [0, 0.1) is 11.3 Å². The average molecular weight is 271 g/mol. The van der Waals surface area contributed by atoms with Crippen LogP contribution in [-0.2, 0) is 16.8 Å². The van der Waals surface area contributed by atoms with Gasteiger partial charge >= 0.3 is 6.03 Å². The molecule has 20 heavy (non-hydrogen) atoms. The monoisotopic (exact) mass is 271 g/mol. The van der Waals surface area contributed by atoms with Crippen LogP contribution in [0.15, 0.2) is 24.3 Å². The molecule has 104 valence electrons. The minimum Gasteiger partial charge on any atom is -0.319 e. The molecule has 0 aliphatic carbocycles. The van der Waals surface area contributed by atoms with Gasteiger partial charge in [-0.1, -0.05) is 37.6 Å². The number of benzene rings is 1. The smallest absolute Gasteiger partial charge is 0.319 e. The maximum absolute atomic E-state index is 12.3. The van der Waals surface area contributed by atoms with E-state index in [9.17, 15) is 9.59 Å². The highest BCUT2D eigenvalue weighted by Gasteiger charge is 2.48. The van der Waals surface area contributed by atoms with Crippen molar-refractivity contribution in [3.05, 3.63) is 35.4 Å². The summed E-state index contributed by atoms with van der Waals surface area (Å²) in [6, 6.07) is 8.97. The molecule has 1 aliphatic rings. The molecular formula is C15H17N3O2. The van der Waals surface area contributed by atoms with E-state index >= 15 is 0 Å². The Morgan fingerprint density at radius 2 is 1.95 bits per heavy atom. The Morgan fingerprint density at radius 3 is 2.50 bits per heavy atom. The lowest BCUT2D eigenvalue weighted by atomic mass is 9.91. The summed E-state index contributed by atoms with van der Waals surface area (Å²) in [6.07, 6.45) is 2.04. The van der Waals surface area contributed by atoms with Crippen LogP contribution in [0.3, 0.4) is 0 Å². The fraction of sp³-hybridized carbons (Fsp3) is 0.400. The van der Waals surface area contributed by atoms with E-state index in [1.807, 2.05) is 30.3 Å². The van der Waals surface area contributed by atoms with Crippen molar-refractivity contribution >= 4 is 11.9 Å². The van der Waals surface area contributed by atoms with Crippen LogP contribution >= 0.6 is 0 Å². The third kappa shape index (κ3) is 2.25. The van der Waals surface area contributed by atoms with Crippen molar-refractivity contribution in [2.45, 2.75) is 32.2 Å². The molecule has 1 fully saturated rings. The van der Waals surface area contributed by atoms with E-state index in [-0.39, 0.29) is 12.5 Å². The highest BCUT2D eigenvalue weighted by molar-refractivity contribution is 6.07. The first-order valence-electron chi connectivity index (χ1n) is 6.63.